The zero-order valence-corrected chi connectivity index (χ0v) is 71.1. The van der Waals surface area contributed by atoms with E-state index in [9.17, 15) is 83.4 Å². The lowest BCUT2D eigenvalue weighted by Crippen LogP contribution is -2.54. The highest BCUT2D eigenvalue weighted by Crippen LogP contribution is 2.31. The Hall–Kier alpha value is -5.77. The third-order valence-corrected chi connectivity index (χ3v) is 21.4. The molecule has 0 aliphatic carbocycles. The minimum absolute atomic E-state index is 0.0247. The maximum atomic E-state index is 15.0. The predicted octanol–water partition coefficient (Wildman–Crippen LogP) is 7.85. The van der Waals surface area contributed by atoms with E-state index in [1.54, 1.807) is 92.5 Å². The van der Waals surface area contributed by atoms with Gasteiger partial charge < -0.3 is 66.0 Å². The van der Waals surface area contributed by atoms with Crippen LogP contribution in [-0.2, 0) is 57.5 Å². The van der Waals surface area contributed by atoms with Gasteiger partial charge in [0.2, 0.25) is 29.5 Å². The molecule has 1 aliphatic heterocycles. The number of ketones is 6. The average Bonchev–Trinajstić information content (AvgIpc) is 0.822. The van der Waals surface area contributed by atoms with E-state index >= 15 is 0 Å². The molecule has 0 bridgehead atoms. The quantitative estimate of drug-likeness (QED) is 0.0298. The van der Waals surface area contributed by atoms with Crippen LogP contribution in [0.1, 0.15) is 228 Å². The van der Waals surface area contributed by atoms with E-state index < -0.39 is 199 Å². The summed E-state index contributed by atoms with van der Waals surface area (Å²) in [6.45, 7) is 33.0. The van der Waals surface area contributed by atoms with Crippen LogP contribution in [0.5, 0.6) is 0 Å². The number of ether oxygens (including phenoxy) is 1. The van der Waals surface area contributed by atoms with Crippen LogP contribution in [0, 0.1) is 70.5 Å². The van der Waals surface area contributed by atoms with Gasteiger partial charge in [0.15, 0.2) is 34.7 Å². The number of Topliss-reactive ketones (excluding diaryl/α,β-unsaturated/α-hetero) is 6. The molecule has 628 valence electrons. The van der Waals surface area contributed by atoms with Crippen molar-refractivity contribution in [2.75, 3.05) is 80.9 Å². The van der Waals surface area contributed by atoms with Gasteiger partial charge in [0.25, 0.3) is 0 Å². The molecule has 0 spiro atoms. The first-order valence-electron chi connectivity index (χ1n) is 40.2. The lowest BCUT2D eigenvalue weighted by Gasteiger charge is -2.36. The highest BCUT2D eigenvalue weighted by molar-refractivity contribution is 5.99. The van der Waals surface area contributed by atoms with E-state index in [4.69, 9.17) is 4.74 Å². The zero-order valence-electron chi connectivity index (χ0n) is 71.1. The maximum Gasteiger partial charge on any atom is 0.226 e. The molecular formula is C84H149N7O18. The van der Waals surface area contributed by atoms with Crippen LogP contribution >= 0.6 is 0 Å². The Morgan fingerprint density at radius 2 is 1.09 bits per heavy atom. The van der Waals surface area contributed by atoms with E-state index in [-0.39, 0.29) is 94.0 Å². The van der Waals surface area contributed by atoms with E-state index in [1.165, 1.54) is 37.9 Å². The Morgan fingerprint density at radius 3 is 1.60 bits per heavy atom. The first kappa shape index (κ1) is 103. The van der Waals surface area contributed by atoms with Crippen molar-refractivity contribution >= 4 is 64.2 Å². The van der Waals surface area contributed by atoms with Crippen LogP contribution in [-0.4, -0.2) is 249 Å². The standard InChI is InChI=1S/C71H123N7O16.C13H26O2/c1-21-23-26-47(13)66(89)53-37-60(85)64(46(11)12)78(20)69(92)51(31-42(3)4)35-59(84)55(32-43(5)6)75(17)38-62(87)49(15)73-67(90)48(14)34-58(83)56(33-44(7)8)76(18)70(93)52(45(9)10)36-61(86)65(50(16)94-30-25-24-29-72-71(39-79,40-80)41-81)77(19)63(88)28-27-57(82)54(22-2)74-68(53)91;1-4-13(10-14,11-15)9-7-5-6-8-12(2)3/h21,23-25,42-56,64-66,72,79-81,89H,22,26-41H2,1-20H3,(H,73,90)(H,74,91);5-6,12,14-15H,4,7-11H2,1-3H3/b23-21+,25-24+;6-5+/t47-,48-,49-,50-,51-,52+,53+,54+,55+,56+,64+,65+,66-;/m1./s1. The molecule has 109 heavy (non-hydrogen) atoms. The van der Waals surface area contributed by atoms with Gasteiger partial charge >= 0.3 is 0 Å². The van der Waals surface area contributed by atoms with Gasteiger partial charge in [0.05, 0.1) is 100 Å². The second-order valence-corrected chi connectivity index (χ2v) is 33.5. The van der Waals surface area contributed by atoms with Crippen LogP contribution in [0.4, 0.5) is 0 Å². The lowest BCUT2D eigenvalue weighted by atomic mass is 9.82. The molecule has 1 rings (SSSR count). The molecule has 1 heterocycles. The van der Waals surface area contributed by atoms with Crippen molar-refractivity contribution < 1.29 is 88.1 Å². The fourth-order valence-corrected chi connectivity index (χ4v) is 13.8. The zero-order chi connectivity index (χ0) is 84.0. The first-order chi connectivity index (χ1) is 50.9. The summed E-state index contributed by atoms with van der Waals surface area (Å²) in [5, 5.41) is 68.1. The molecule has 25 heteroatoms. The second kappa shape index (κ2) is 52.5. The minimum atomic E-state index is -1.41. The van der Waals surface area contributed by atoms with Crippen molar-refractivity contribution in [1.29, 1.82) is 0 Å². The number of carbonyl (C=O) groups excluding carboxylic acids is 11. The lowest BCUT2D eigenvalue weighted by molar-refractivity contribution is -0.148. The number of aliphatic hydroxyl groups is 6. The SMILES string of the molecule is C/C=C/C[C@@H](C)[C@@H](O)[C@@H]1CC(=O)[C@H](C(C)C)N(C)C(=O)[C@H](CC(C)C)CC(=O)[C@H](CC(C)C)N(C)CC(=O)[C@@H](C)NC(=O)[C@H](C)CC(=O)[C@H](CC(C)C)N(C)C(=O)[C@H](C(C)C)CC(=O)[C@H]([C@@H](C)OC/C=C/CNC(CO)(CO)CO)N(C)C(=O)CCC(=O)[C@H](CC)NC1=O.CCC(CO)(CO)CC/C=C/CC(C)C. The molecule has 0 aromatic carbocycles. The van der Waals surface area contributed by atoms with Gasteiger partial charge in [-0.15, -0.1) is 0 Å². The fraction of sp³-hybridized carbons (Fsp3) is 0.798. The van der Waals surface area contributed by atoms with Gasteiger partial charge in [0, 0.05) is 89.4 Å². The van der Waals surface area contributed by atoms with E-state index in [2.05, 4.69) is 41.9 Å². The number of nitrogens with one attached hydrogen (secondary N) is 3. The summed E-state index contributed by atoms with van der Waals surface area (Å²) in [4.78, 5) is 165. The summed E-state index contributed by atoms with van der Waals surface area (Å²) in [6, 6.07) is -6.56. The number of nitrogens with zero attached hydrogens (tertiary/aromatic N) is 4. The highest BCUT2D eigenvalue weighted by atomic mass is 16.5. The molecule has 0 aromatic heterocycles. The largest absolute Gasteiger partial charge is 0.396 e. The molecule has 1 aliphatic rings. The maximum absolute atomic E-state index is 15.0. The Labute approximate surface area is 654 Å². The number of likely N-dealkylation sites (N-methyl/N-ethyl adjacent to an activating group) is 4. The highest BCUT2D eigenvalue weighted by Gasteiger charge is 2.43. The van der Waals surface area contributed by atoms with Gasteiger partial charge in [-0.2, -0.15) is 0 Å². The molecule has 0 radical (unpaired) electrons. The van der Waals surface area contributed by atoms with E-state index in [0.29, 0.717) is 18.8 Å². The molecule has 9 N–H and O–H groups in total. The van der Waals surface area contributed by atoms with Gasteiger partial charge in [-0.3, -0.25) is 57.6 Å². The number of allylic oxidation sites excluding steroid dienone is 4. The number of hydrogen-bond acceptors (Lipinski definition) is 20. The normalized spacial score (nSPS) is 24.6. The van der Waals surface area contributed by atoms with Gasteiger partial charge in [-0.1, -0.05) is 147 Å². The van der Waals surface area contributed by atoms with Crippen molar-refractivity contribution in [1.82, 2.24) is 35.6 Å². The molecular weight excluding hydrogens is 1390 g/mol. The smallest absolute Gasteiger partial charge is 0.226 e. The summed E-state index contributed by atoms with van der Waals surface area (Å²) < 4.78 is 6.15. The van der Waals surface area contributed by atoms with Gasteiger partial charge in [-0.05, 0) is 127 Å². The van der Waals surface area contributed by atoms with Crippen molar-refractivity contribution in [3.8, 4) is 0 Å². The van der Waals surface area contributed by atoms with Gasteiger partial charge in [-0.25, -0.2) is 0 Å². The molecule has 0 unspecified atom stereocenters. The molecule has 1 fully saturated rings. The Balaban J connectivity index is 0.00000693. The van der Waals surface area contributed by atoms with Crippen molar-refractivity contribution in [3.63, 3.8) is 0 Å². The minimum Gasteiger partial charge on any atom is -0.396 e. The Kier molecular flexibility index (Phi) is 49.7. The summed E-state index contributed by atoms with van der Waals surface area (Å²) >= 11 is 0. The van der Waals surface area contributed by atoms with E-state index in [0.717, 1.165) is 30.6 Å². The monoisotopic (exact) mass is 1540 g/mol. The first-order valence-corrected chi connectivity index (χ1v) is 40.2. The van der Waals surface area contributed by atoms with Crippen LogP contribution in [0.15, 0.2) is 36.5 Å². The number of hydrogen-bond donors (Lipinski definition) is 9. The average molecular weight is 1550 g/mol. The van der Waals surface area contributed by atoms with Crippen molar-refractivity contribution in [2.24, 2.45) is 70.5 Å². The summed E-state index contributed by atoms with van der Waals surface area (Å²) in [7, 11) is 5.99. The van der Waals surface area contributed by atoms with Gasteiger partial charge in [0.1, 0.15) is 6.04 Å². The second-order valence-electron chi connectivity index (χ2n) is 33.5. The van der Waals surface area contributed by atoms with E-state index in [1.807, 2.05) is 54.5 Å². The molecule has 13 atom stereocenters. The number of amides is 5. The third-order valence-electron chi connectivity index (χ3n) is 21.4. The van der Waals surface area contributed by atoms with Crippen LogP contribution in [0.25, 0.3) is 0 Å². The third kappa shape index (κ3) is 35.4. The number of aliphatic hydroxyl groups excluding tert-OH is 6. The Morgan fingerprint density at radius 1 is 0.541 bits per heavy atom. The summed E-state index contributed by atoms with van der Waals surface area (Å²) in [5.74, 6) is -11.2. The fourth-order valence-electron chi connectivity index (χ4n) is 13.8. The van der Waals surface area contributed by atoms with Crippen LogP contribution in [0.3, 0.4) is 0 Å². The topological polar surface area (TPSA) is 367 Å². The number of rotatable bonds is 31. The molecule has 25 nitrogen and oxygen atoms in total. The van der Waals surface area contributed by atoms with Crippen LogP contribution in [0.2, 0.25) is 0 Å². The summed E-state index contributed by atoms with van der Waals surface area (Å²) in [6.07, 6.45) is 11.4. The molecule has 0 aromatic rings. The molecule has 0 saturated carbocycles. The predicted molar refractivity (Wildman–Crippen MR) is 427 cm³/mol. The summed E-state index contributed by atoms with van der Waals surface area (Å²) in [5.41, 5.74) is -1.63. The molecule has 5 amide bonds. The van der Waals surface area contributed by atoms with Crippen molar-refractivity contribution in [3.05, 3.63) is 36.5 Å². The van der Waals surface area contributed by atoms with Crippen LogP contribution < -0.4 is 16.0 Å². The number of carbonyl (C=O) groups is 11. The molecule has 1 saturated heterocycles. The Bertz CT molecular complexity index is 2870. The van der Waals surface area contributed by atoms with Crippen molar-refractivity contribution in [2.45, 2.75) is 282 Å².